The second-order valence-electron chi connectivity index (χ2n) is 4.13. The molecule has 0 saturated carbocycles. The first-order valence-corrected chi connectivity index (χ1v) is 4.90. The summed E-state index contributed by atoms with van der Waals surface area (Å²) in [4.78, 5) is 4.47. The van der Waals surface area contributed by atoms with Gasteiger partial charge in [-0.25, -0.2) is 4.98 Å². The Morgan fingerprint density at radius 2 is 2.38 bits per heavy atom. The van der Waals surface area contributed by atoms with E-state index in [1.165, 1.54) is 0 Å². The summed E-state index contributed by atoms with van der Waals surface area (Å²) in [6, 6.07) is 0. The van der Waals surface area contributed by atoms with E-state index in [0.717, 1.165) is 31.1 Å². The van der Waals surface area contributed by atoms with Gasteiger partial charge in [0, 0.05) is 13.1 Å². The highest BCUT2D eigenvalue weighted by Gasteiger charge is 2.23. The average molecular weight is 180 g/mol. The Morgan fingerprint density at radius 3 is 2.92 bits per heavy atom. The zero-order chi connectivity index (χ0) is 9.26. The lowest BCUT2D eigenvalue weighted by Gasteiger charge is -2.23. The third kappa shape index (κ3) is 1.91. The van der Waals surface area contributed by atoms with Crippen LogP contribution in [0.3, 0.4) is 0 Å². The predicted molar refractivity (Wildman–Crippen MR) is 50.7 cm³/mol. The highest BCUT2D eigenvalue weighted by Crippen LogP contribution is 2.19. The van der Waals surface area contributed by atoms with Crippen LogP contribution >= 0.6 is 0 Å². The highest BCUT2D eigenvalue weighted by molar-refractivity contribution is 5.05. The fraction of sp³-hybridized carbons (Fsp3) is 0.700. The Kier molecular flexibility index (Phi) is 2.36. The molecule has 1 fully saturated rings. The molecule has 1 aromatic heterocycles. The van der Waals surface area contributed by atoms with Crippen molar-refractivity contribution in [3.63, 3.8) is 0 Å². The van der Waals surface area contributed by atoms with Crippen molar-refractivity contribution in [2.45, 2.75) is 26.2 Å². The second kappa shape index (κ2) is 3.50. The molecule has 3 nitrogen and oxygen atoms in total. The number of hydrogen-bond acceptors (Lipinski definition) is 3. The normalized spacial score (nSPS) is 17.8. The molecule has 0 unspecified atom stereocenters. The van der Waals surface area contributed by atoms with Crippen molar-refractivity contribution >= 4 is 0 Å². The lowest BCUT2D eigenvalue weighted by Crippen LogP contribution is -2.40. The van der Waals surface area contributed by atoms with Crippen LogP contribution in [0.25, 0.3) is 0 Å². The molecule has 1 N–H and O–H groups in total. The Bertz CT molecular complexity index is 276. The molecule has 1 aliphatic rings. The van der Waals surface area contributed by atoms with Crippen molar-refractivity contribution in [1.82, 2.24) is 10.3 Å². The second-order valence-corrected chi connectivity index (χ2v) is 4.13. The van der Waals surface area contributed by atoms with Gasteiger partial charge in [0.25, 0.3) is 0 Å². The van der Waals surface area contributed by atoms with Crippen LogP contribution in [0.1, 0.15) is 31.4 Å². The van der Waals surface area contributed by atoms with Gasteiger partial charge in [0.05, 0.1) is 11.6 Å². The number of aromatic nitrogens is 1. The third-order valence-electron chi connectivity index (χ3n) is 2.32. The van der Waals surface area contributed by atoms with Gasteiger partial charge in [-0.15, -0.1) is 0 Å². The Balaban J connectivity index is 2.00. The van der Waals surface area contributed by atoms with E-state index in [9.17, 15) is 0 Å². The molecular weight excluding hydrogens is 164 g/mol. The van der Waals surface area contributed by atoms with Crippen LogP contribution in [-0.4, -0.2) is 18.1 Å². The standard InChI is InChI=1S/C10H16N2O/c1-7(2)3-9-6-13-10(12-9)8-4-11-5-8/h6-8,11H,3-5H2,1-2H3. The maximum Gasteiger partial charge on any atom is 0.199 e. The van der Waals surface area contributed by atoms with Gasteiger partial charge in [0.1, 0.15) is 6.26 Å². The van der Waals surface area contributed by atoms with Crippen LogP contribution in [-0.2, 0) is 6.42 Å². The molecule has 0 bridgehead atoms. The number of nitrogens with one attached hydrogen (secondary N) is 1. The number of hydrogen-bond donors (Lipinski definition) is 1. The van der Waals surface area contributed by atoms with Gasteiger partial charge in [-0.3, -0.25) is 0 Å². The van der Waals surface area contributed by atoms with Crippen molar-refractivity contribution < 1.29 is 4.42 Å². The summed E-state index contributed by atoms with van der Waals surface area (Å²) in [6.07, 6.45) is 2.82. The minimum atomic E-state index is 0.515. The van der Waals surface area contributed by atoms with Crippen molar-refractivity contribution in [2.24, 2.45) is 5.92 Å². The van der Waals surface area contributed by atoms with Crippen LogP contribution in [0, 0.1) is 5.92 Å². The summed E-state index contributed by atoms with van der Waals surface area (Å²) in [5.41, 5.74) is 1.09. The lowest BCUT2D eigenvalue weighted by atomic mass is 10.0. The minimum Gasteiger partial charge on any atom is -0.448 e. The van der Waals surface area contributed by atoms with Crippen LogP contribution in [0.15, 0.2) is 10.7 Å². The van der Waals surface area contributed by atoms with Crippen LogP contribution in [0.4, 0.5) is 0 Å². The van der Waals surface area contributed by atoms with Gasteiger partial charge < -0.3 is 9.73 Å². The molecule has 0 aliphatic carbocycles. The maximum absolute atomic E-state index is 5.42. The predicted octanol–water partition coefficient (Wildman–Crippen LogP) is 1.56. The van der Waals surface area contributed by atoms with Crippen molar-refractivity contribution in [1.29, 1.82) is 0 Å². The maximum atomic E-state index is 5.42. The Morgan fingerprint density at radius 1 is 1.62 bits per heavy atom. The molecule has 0 amide bonds. The molecule has 3 heteroatoms. The third-order valence-corrected chi connectivity index (χ3v) is 2.32. The summed E-state index contributed by atoms with van der Waals surface area (Å²) >= 11 is 0. The zero-order valence-electron chi connectivity index (χ0n) is 8.21. The van der Waals surface area contributed by atoms with Crippen molar-refractivity contribution in [2.75, 3.05) is 13.1 Å². The molecule has 72 valence electrons. The van der Waals surface area contributed by atoms with Crippen molar-refractivity contribution in [3.8, 4) is 0 Å². The molecular formula is C10H16N2O. The van der Waals surface area contributed by atoms with E-state index >= 15 is 0 Å². The molecule has 0 radical (unpaired) electrons. The largest absolute Gasteiger partial charge is 0.448 e. The first-order valence-electron chi connectivity index (χ1n) is 4.90. The van der Waals surface area contributed by atoms with E-state index in [1.54, 1.807) is 6.26 Å². The fourth-order valence-corrected chi connectivity index (χ4v) is 1.49. The molecule has 2 rings (SSSR count). The molecule has 0 atom stereocenters. The van der Waals surface area contributed by atoms with E-state index in [4.69, 9.17) is 4.42 Å². The summed E-state index contributed by atoms with van der Waals surface area (Å²) in [5.74, 6) is 2.08. The summed E-state index contributed by atoms with van der Waals surface area (Å²) in [6.45, 7) is 6.42. The topological polar surface area (TPSA) is 38.1 Å². The first-order chi connectivity index (χ1) is 6.25. The summed E-state index contributed by atoms with van der Waals surface area (Å²) in [7, 11) is 0. The molecule has 2 heterocycles. The Labute approximate surface area is 78.5 Å². The monoisotopic (exact) mass is 180 g/mol. The van der Waals surface area contributed by atoms with Gasteiger partial charge in [0.2, 0.25) is 0 Å². The fourth-order valence-electron chi connectivity index (χ4n) is 1.49. The van der Waals surface area contributed by atoms with E-state index in [2.05, 4.69) is 24.1 Å². The van der Waals surface area contributed by atoms with E-state index in [0.29, 0.717) is 11.8 Å². The van der Waals surface area contributed by atoms with E-state index in [1.807, 2.05) is 0 Å². The smallest absolute Gasteiger partial charge is 0.199 e. The van der Waals surface area contributed by atoms with Gasteiger partial charge >= 0.3 is 0 Å². The number of oxazole rings is 1. The Hall–Kier alpha value is -0.830. The molecule has 0 aromatic carbocycles. The lowest BCUT2D eigenvalue weighted by molar-refractivity contribution is 0.357. The van der Waals surface area contributed by atoms with Gasteiger partial charge in [-0.2, -0.15) is 0 Å². The molecule has 1 aliphatic heterocycles. The number of rotatable bonds is 3. The van der Waals surface area contributed by atoms with Gasteiger partial charge in [0.15, 0.2) is 5.89 Å². The average Bonchev–Trinajstić information content (AvgIpc) is 2.31. The van der Waals surface area contributed by atoms with Crippen LogP contribution in [0.5, 0.6) is 0 Å². The van der Waals surface area contributed by atoms with E-state index in [-0.39, 0.29) is 0 Å². The van der Waals surface area contributed by atoms with Crippen LogP contribution in [0.2, 0.25) is 0 Å². The van der Waals surface area contributed by atoms with Crippen molar-refractivity contribution in [3.05, 3.63) is 17.8 Å². The molecule has 1 saturated heterocycles. The summed E-state index contributed by atoms with van der Waals surface area (Å²) < 4.78 is 5.42. The van der Waals surface area contributed by atoms with Gasteiger partial charge in [-0.1, -0.05) is 13.8 Å². The first kappa shape index (κ1) is 8.75. The SMILES string of the molecule is CC(C)Cc1coc(C2CNC2)n1. The molecule has 13 heavy (non-hydrogen) atoms. The zero-order valence-corrected chi connectivity index (χ0v) is 8.21. The summed E-state index contributed by atoms with van der Waals surface area (Å²) in [5, 5.41) is 3.21. The van der Waals surface area contributed by atoms with E-state index < -0.39 is 0 Å². The molecule has 0 spiro atoms. The van der Waals surface area contributed by atoms with Crippen LogP contribution < -0.4 is 5.32 Å². The number of nitrogens with zero attached hydrogens (tertiary/aromatic N) is 1. The quantitative estimate of drug-likeness (QED) is 0.767. The van der Waals surface area contributed by atoms with Gasteiger partial charge in [-0.05, 0) is 12.3 Å². The minimum absolute atomic E-state index is 0.515. The molecule has 1 aromatic rings. The highest BCUT2D eigenvalue weighted by atomic mass is 16.3.